The molecule has 7 nitrogen and oxygen atoms in total. The summed E-state index contributed by atoms with van der Waals surface area (Å²) in [6, 6.07) is 17.2. The van der Waals surface area contributed by atoms with Crippen molar-refractivity contribution >= 4 is 23.1 Å². The zero-order valence-corrected chi connectivity index (χ0v) is 16.4. The predicted molar refractivity (Wildman–Crippen MR) is 114 cm³/mol. The fourth-order valence-corrected chi connectivity index (χ4v) is 3.92. The van der Waals surface area contributed by atoms with Gasteiger partial charge in [0.05, 0.1) is 0 Å². The molecule has 1 aliphatic carbocycles. The van der Waals surface area contributed by atoms with E-state index in [1.165, 1.54) is 11.1 Å². The molecule has 0 bridgehead atoms. The number of pyridine rings is 1. The highest BCUT2D eigenvalue weighted by atomic mass is 16.6. The molecule has 1 aromatic heterocycles. The summed E-state index contributed by atoms with van der Waals surface area (Å²) in [5, 5.41) is 6.27. The van der Waals surface area contributed by atoms with E-state index in [4.69, 9.17) is 15.2 Å². The zero-order chi connectivity index (χ0) is 20.5. The summed E-state index contributed by atoms with van der Waals surface area (Å²) in [5.74, 6) is 1.65. The third-order valence-electron chi connectivity index (χ3n) is 5.28. The SMILES string of the molecule is Nc1cc(Nc2ccc3c(c2)OCCO3)nc(C(=O)NC2Cc3ccccc3C2)c1. The molecule has 4 N–H and O–H groups in total. The molecule has 0 saturated heterocycles. The molecule has 0 fully saturated rings. The molecule has 2 heterocycles. The Bertz CT molecular complexity index is 1090. The number of nitrogen functional groups attached to an aromatic ring is 1. The number of hydrogen-bond donors (Lipinski definition) is 3. The van der Waals surface area contributed by atoms with Crippen LogP contribution >= 0.6 is 0 Å². The first kappa shape index (κ1) is 18.3. The third kappa shape index (κ3) is 3.74. The molecular formula is C23H22N4O3. The summed E-state index contributed by atoms with van der Waals surface area (Å²) in [6.07, 6.45) is 1.65. The Labute approximate surface area is 174 Å². The van der Waals surface area contributed by atoms with Gasteiger partial charge >= 0.3 is 0 Å². The summed E-state index contributed by atoms with van der Waals surface area (Å²) >= 11 is 0. The first-order valence-corrected chi connectivity index (χ1v) is 9.96. The number of benzene rings is 2. The summed E-state index contributed by atoms with van der Waals surface area (Å²) in [5.41, 5.74) is 10.1. The van der Waals surface area contributed by atoms with Gasteiger partial charge in [-0.1, -0.05) is 24.3 Å². The van der Waals surface area contributed by atoms with Gasteiger partial charge in [-0.05, 0) is 42.2 Å². The summed E-state index contributed by atoms with van der Waals surface area (Å²) in [4.78, 5) is 17.3. The number of nitrogens with one attached hydrogen (secondary N) is 2. The molecule has 0 spiro atoms. The van der Waals surface area contributed by atoms with Crippen LogP contribution in [0.25, 0.3) is 0 Å². The number of carbonyl (C=O) groups is 1. The smallest absolute Gasteiger partial charge is 0.270 e. The van der Waals surface area contributed by atoms with Crippen LogP contribution in [-0.2, 0) is 12.8 Å². The molecule has 2 aliphatic rings. The number of rotatable bonds is 4. The first-order valence-electron chi connectivity index (χ1n) is 9.96. The zero-order valence-electron chi connectivity index (χ0n) is 16.4. The van der Waals surface area contributed by atoms with Crippen molar-refractivity contribution in [1.82, 2.24) is 10.3 Å². The molecule has 1 aliphatic heterocycles. The summed E-state index contributed by atoms with van der Waals surface area (Å²) in [7, 11) is 0. The lowest BCUT2D eigenvalue weighted by Crippen LogP contribution is -2.35. The van der Waals surface area contributed by atoms with Gasteiger partial charge in [-0.3, -0.25) is 4.79 Å². The highest BCUT2D eigenvalue weighted by Gasteiger charge is 2.23. The Morgan fingerprint density at radius 3 is 2.47 bits per heavy atom. The van der Waals surface area contributed by atoms with Crippen molar-refractivity contribution in [3.63, 3.8) is 0 Å². The van der Waals surface area contributed by atoms with E-state index in [1.807, 2.05) is 30.3 Å². The number of hydrogen-bond acceptors (Lipinski definition) is 6. The molecule has 2 aromatic carbocycles. The average molecular weight is 402 g/mol. The van der Waals surface area contributed by atoms with E-state index in [0.717, 1.165) is 18.5 Å². The van der Waals surface area contributed by atoms with Gasteiger partial charge in [0.1, 0.15) is 24.7 Å². The van der Waals surface area contributed by atoms with E-state index >= 15 is 0 Å². The van der Waals surface area contributed by atoms with Crippen LogP contribution in [0.15, 0.2) is 54.6 Å². The van der Waals surface area contributed by atoms with Gasteiger partial charge < -0.3 is 25.8 Å². The fourth-order valence-electron chi connectivity index (χ4n) is 3.92. The summed E-state index contributed by atoms with van der Waals surface area (Å²) < 4.78 is 11.2. The largest absolute Gasteiger partial charge is 0.486 e. The Kier molecular flexibility index (Phi) is 4.63. The van der Waals surface area contributed by atoms with Crippen molar-refractivity contribution in [3.05, 3.63) is 71.4 Å². The van der Waals surface area contributed by atoms with E-state index in [2.05, 4.69) is 27.8 Å². The number of aromatic nitrogens is 1. The minimum absolute atomic E-state index is 0.0623. The van der Waals surface area contributed by atoms with Crippen LogP contribution in [0, 0.1) is 0 Å². The Balaban J connectivity index is 1.30. The number of nitrogens with two attached hydrogens (primary N) is 1. The van der Waals surface area contributed by atoms with Crippen molar-refractivity contribution < 1.29 is 14.3 Å². The van der Waals surface area contributed by atoms with Crippen LogP contribution in [0.1, 0.15) is 21.6 Å². The maximum atomic E-state index is 12.8. The lowest BCUT2D eigenvalue weighted by atomic mass is 10.1. The van der Waals surface area contributed by atoms with Crippen molar-refractivity contribution in [1.29, 1.82) is 0 Å². The molecule has 7 heteroatoms. The molecule has 0 atom stereocenters. The van der Waals surface area contributed by atoms with Crippen LogP contribution in [0.4, 0.5) is 17.2 Å². The molecule has 30 heavy (non-hydrogen) atoms. The van der Waals surface area contributed by atoms with Crippen LogP contribution in [0.5, 0.6) is 11.5 Å². The van der Waals surface area contributed by atoms with Gasteiger partial charge in [-0.25, -0.2) is 4.98 Å². The van der Waals surface area contributed by atoms with Crippen LogP contribution < -0.4 is 25.8 Å². The van der Waals surface area contributed by atoms with Crippen LogP contribution in [0.3, 0.4) is 0 Å². The normalized spacial score (nSPS) is 14.8. The monoisotopic (exact) mass is 402 g/mol. The minimum atomic E-state index is -0.231. The number of amides is 1. The van der Waals surface area contributed by atoms with E-state index in [9.17, 15) is 4.79 Å². The van der Waals surface area contributed by atoms with Crippen molar-refractivity contribution in [2.45, 2.75) is 18.9 Å². The fraction of sp³-hybridized carbons (Fsp3) is 0.217. The maximum Gasteiger partial charge on any atom is 0.270 e. The van der Waals surface area contributed by atoms with Crippen molar-refractivity contribution in [2.75, 3.05) is 24.3 Å². The molecule has 152 valence electrons. The Hall–Kier alpha value is -3.74. The van der Waals surface area contributed by atoms with Crippen LogP contribution in [-0.4, -0.2) is 30.1 Å². The lowest BCUT2D eigenvalue weighted by Gasteiger charge is -2.19. The quantitative estimate of drug-likeness (QED) is 0.620. The van der Waals surface area contributed by atoms with Crippen LogP contribution in [0.2, 0.25) is 0 Å². The minimum Gasteiger partial charge on any atom is -0.486 e. The van der Waals surface area contributed by atoms with E-state index in [0.29, 0.717) is 36.2 Å². The van der Waals surface area contributed by atoms with Crippen molar-refractivity contribution in [2.24, 2.45) is 0 Å². The molecular weight excluding hydrogens is 380 g/mol. The molecule has 0 unspecified atom stereocenters. The average Bonchev–Trinajstić information content (AvgIpc) is 3.15. The van der Waals surface area contributed by atoms with Gasteiger partial charge in [0.15, 0.2) is 11.5 Å². The summed E-state index contributed by atoms with van der Waals surface area (Å²) in [6.45, 7) is 1.06. The van der Waals surface area contributed by atoms with Gasteiger partial charge in [-0.2, -0.15) is 0 Å². The maximum absolute atomic E-state index is 12.8. The Morgan fingerprint density at radius 1 is 0.967 bits per heavy atom. The van der Waals surface area contributed by atoms with E-state index in [-0.39, 0.29) is 17.6 Å². The highest BCUT2D eigenvalue weighted by Crippen LogP contribution is 2.33. The first-order chi connectivity index (χ1) is 14.6. The van der Waals surface area contributed by atoms with Gasteiger partial charge in [-0.15, -0.1) is 0 Å². The number of anilines is 3. The molecule has 0 radical (unpaired) electrons. The van der Waals surface area contributed by atoms with Crippen molar-refractivity contribution in [3.8, 4) is 11.5 Å². The molecule has 0 saturated carbocycles. The number of carbonyl (C=O) groups excluding carboxylic acids is 1. The molecule has 1 amide bonds. The predicted octanol–water partition coefficient (Wildman–Crippen LogP) is 3.08. The molecule has 5 rings (SSSR count). The topological polar surface area (TPSA) is 98.5 Å². The second-order valence-electron chi connectivity index (χ2n) is 7.50. The number of nitrogens with zero attached hydrogens (tertiary/aromatic N) is 1. The second kappa shape index (κ2) is 7.59. The number of fused-ring (bicyclic) bond motifs is 2. The third-order valence-corrected chi connectivity index (χ3v) is 5.28. The molecule has 3 aromatic rings. The standard InChI is InChI=1S/C23H22N4O3/c24-16-11-19(23(28)26-18-9-14-3-1-2-4-15(14)10-18)27-22(12-16)25-17-5-6-20-21(13-17)30-8-7-29-20/h1-6,11-13,18H,7-10H2,(H,26,28)(H3,24,25,27). The van der Waals surface area contributed by atoms with Gasteiger partial charge in [0.2, 0.25) is 0 Å². The second-order valence-corrected chi connectivity index (χ2v) is 7.50. The number of ether oxygens (including phenoxy) is 2. The lowest BCUT2D eigenvalue weighted by molar-refractivity contribution is 0.0933. The highest BCUT2D eigenvalue weighted by molar-refractivity contribution is 5.94. The van der Waals surface area contributed by atoms with Gasteiger partial charge in [0, 0.05) is 29.5 Å². The van der Waals surface area contributed by atoms with Gasteiger partial charge in [0.25, 0.3) is 5.91 Å². The van der Waals surface area contributed by atoms with E-state index < -0.39 is 0 Å². The Morgan fingerprint density at radius 2 is 1.70 bits per heavy atom. The van der Waals surface area contributed by atoms with E-state index in [1.54, 1.807) is 12.1 Å².